The summed E-state index contributed by atoms with van der Waals surface area (Å²) in [7, 11) is 1.58. The predicted octanol–water partition coefficient (Wildman–Crippen LogP) is 3.63. The van der Waals surface area contributed by atoms with E-state index in [9.17, 15) is 14.7 Å². The Kier molecular flexibility index (Phi) is 8.28. The molecule has 0 spiro atoms. The Labute approximate surface area is 212 Å². The number of aliphatic hydroxyl groups excluding tert-OH is 1. The molecule has 2 aliphatic rings. The molecular formula is C28H34N2O6. The minimum absolute atomic E-state index is 0.0160. The van der Waals surface area contributed by atoms with Gasteiger partial charge in [0.25, 0.3) is 11.7 Å². The van der Waals surface area contributed by atoms with Crippen molar-refractivity contribution in [3.8, 4) is 11.5 Å². The molecule has 2 aromatic rings. The van der Waals surface area contributed by atoms with Gasteiger partial charge in [-0.05, 0) is 62.2 Å². The van der Waals surface area contributed by atoms with Crippen LogP contribution in [0.3, 0.4) is 0 Å². The summed E-state index contributed by atoms with van der Waals surface area (Å²) >= 11 is 0. The number of aliphatic hydroxyl groups is 1. The van der Waals surface area contributed by atoms with Crippen molar-refractivity contribution in [2.45, 2.75) is 32.4 Å². The summed E-state index contributed by atoms with van der Waals surface area (Å²) in [6.07, 6.45) is 0.725. The van der Waals surface area contributed by atoms with E-state index in [0.29, 0.717) is 43.2 Å². The first-order valence-electron chi connectivity index (χ1n) is 12.4. The second-order valence-electron chi connectivity index (χ2n) is 9.26. The Bertz CT molecular complexity index is 1090. The van der Waals surface area contributed by atoms with Crippen molar-refractivity contribution in [3.63, 3.8) is 0 Å². The first kappa shape index (κ1) is 25.7. The minimum Gasteiger partial charge on any atom is -0.507 e. The molecule has 2 aliphatic heterocycles. The molecule has 0 unspecified atom stereocenters. The third-order valence-corrected chi connectivity index (χ3v) is 6.45. The lowest BCUT2D eigenvalue weighted by Gasteiger charge is -2.29. The number of carbonyl (C=O) groups is 2. The minimum atomic E-state index is -0.688. The van der Waals surface area contributed by atoms with Crippen molar-refractivity contribution >= 4 is 17.4 Å². The van der Waals surface area contributed by atoms with Crippen LogP contribution in [0, 0.1) is 0 Å². The van der Waals surface area contributed by atoms with E-state index >= 15 is 0 Å². The maximum absolute atomic E-state index is 13.2. The standard InChI is InChI=1S/C28H34N2O6/c1-19(2)36-23-11-7-21(8-12-23)26(31)24-25(20-5-9-22(34-3)10-6-20)30(28(33)27(24)32)14-4-13-29-15-17-35-18-16-29/h5-12,19,25,31H,4,13-18H2,1-3H3/t25-/m0/s1. The molecule has 2 heterocycles. The SMILES string of the molecule is COc1ccc([C@H]2C(=C(O)c3ccc(OC(C)C)cc3)C(=O)C(=O)N2CCCN2CCOCC2)cc1. The lowest BCUT2D eigenvalue weighted by atomic mass is 9.95. The van der Waals surface area contributed by atoms with Gasteiger partial charge in [0.05, 0.1) is 38.0 Å². The van der Waals surface area contributed by atoms with E-state index in [0.717, 1.165) is 25.2 Å². The maximum Gasteiger partial charge on any atom is 0.295 e. The quantitative estimate of drug-likeness (QED) is 0.324. The van der Waals surface area contributed by atoms with Crippen molar-refractivity contribution in [2.24, 2.45) is 0 Å². The van der Waals surface area contributed by atoms with Gasteiger partial charge in [-0.3, -0.25) is 14.5 Å². The number of likely N-dealkylation sites (tertiary alicyclic amines) is 1. The molecule has 2 aromatic carbocycles. The Morgan fingerprint density at radius 2 is 1.64 bits per heavy atom. The van der Waals surface area contributed by atoms with Crippen LogP contribution in [-0.2, 0) is 14.3 Å². The molecule has 8 nitrogen and oxygen atoms in total. The van der Waals surface area contributed by atoms with Gasteiger partial charge in [0.15, 0.2) is 0 Å². The molecule has 1 atom stereocenters. The molecule has 0 aliphatic carbocycles. The molecule has 0 saturated carbocycles. The van der Waals surface area contributed by atoms with Crippen LogP contribution in [0.5, 0.6) is 11.5 Å². The lowest BCUT2D eigenvalue weighted by Crippen LogP contribution is -2.38. The van der Waals surface area contributed by atoms with E-state index in [-0.39, 0.29) is 17.4 Å². The number of hydrogen-bond acceptors (Lipinski definition) is 7. The van der Waals surface area contributed by atoms with Crippen molar-refractivity contribution in [1.82, 2.24) is 9.80 Å². The molecule has 0 bridgehead atoms. The summed E-state index contributed by atoms with van der Waals surface area (Å²) in [5.74, 6) is -0.136. The molecule has 36 heavy (non-hydrogen) atoms. The number of methoxy groups -OCH3 is 1. The highest BCUT2D eigenvalue weighted by Crippen LogP contribution is 2.40. The highest BCUT2D eigenvalue weighted by atomic mass is 16.5. The fourth-order valence-corrected chi connectivity index (χ4v) is 4.65. The fourth-order valence-electron chi connectivity index (χ4n) is 4.65. The van der Waals surface area contributed by atoms with Gasteiger partial charge >= 0.3 is 0 Å². The van der Waals surface area contributed by atoms with E-state index in [1.54, 1.807) is 48.4 Å². The number of nitrogens with zero attached hydrogens (tertiary/aromatic N) is 2. The summed E-state index contributed by atoms with van der Waals surface area (Å²) in [4.78, 5) is 30.3. The van der Waals surface area contributed by atoms with Gasteiger partial charge in [0.1, 0.15) is 17.3 Å². The van der Waals surface area contributed by atoms with Gasteiger partial charge in [0.2, 0.25) is 0 Å². The Morgan fingerprint density at radius 3 is 2.25 bits per heavy atom. The van der Waals surface area contributed by atoms with Crippen LogP contribution in [0.15, 0.2) is 54.1 Å². The number of ketones is 1. The van der Waals surface area contributed by atoms with Gasteiger partial charge in [-0.1, -0.05) is 12.1 Å². The van der Waals surface area contributed by atoms with Gasteiger partial charge in [0, 0.05) is 31.7 Å². The topological polar surface area (TPSA) is 88.5 Å². The zero-order chi connectivity index (χ0) is 25.7. The fraction of sp³-hybridized carbons (Fsp3) is 0.429. The molecule has 2 fully saturated rings. The first-order valence-corrected chi connectivity index (χ1v) is 12.4. The van der Waals surface area contributed by atoms with Gasteiger partial charge < -0.3 is 24.2 Å². The normalized spacial score (nSPS) is 20.2. The molecule has 0 radical (unpaired) electrons. The second kappa shape index (κ2) is 11.6. The van der Waals surface area contributed by atoms with E-state index < -0.39 is 17.7 Å². The van der Waals surface area contributed by atoms with Crippen LogP contribution in [-0.4, -0.2) is 79.2 Å². The van der Waals surface area contributed by atoms with E-state index in [2.05, 4.69) is 4.90 Å². The zero-order valence-electron chi connectivity index (χ0n) is 21.1. The van der Waals surface area contributed by atoms with Crippen LogP contribution >= 0.6 is 0 Å². The third kappa shape index (κ3) is 5.71. The van der Waals surface area contributed by atoms with E-state index in [1.807, 2.05) is 26.0 Å². The van der Waals surface area contributed by atoms with Crippen molar-refractivity contribution < 1.29 is 28.9 Å². The second-order valence-corrected chi connectivity index (χ2v) is 9.26. The summed E-state index contributed by atoms with van der Waals surface area (Å²) in [5.41, 5.74) is 1.28. The number of carbonyl (C=O) groups excluding carboxylic acids is 2. The monoisotopic (exact) mass is 494 g/mol. The van der Waals surface area contributed by atoms with Crippen molar-refractivity contribution in [2.75, 3.05) is 46.5 Å². The third-order valence-electron chi connectivity index (χ3n) is 6.45. The smallest absolute Gasteiger partial charge is 0.295 e. The summed E-state index contributed by atoms with van der Waals surface area (Å²) < 4.78 is 16.4. The first-order chi connectivity index (χ1) is 17.4. The molecule has 1 N–H and O–H groups in total. The van der Waals surface area contributed by atoms with Crippen LogP contribution in [0.2, 0.25) is 0 Å². The average molecular weight is 495 g/mol. The lowest BCUT2D eigenvalue weighted by molar-refractivity contribution is -0.140. The number of ether oxygens (including phenoxy) is 3. The van der Waals surface area contributed by atoms with Crippen LogP contribution < -0.4 is 9.47 Å². The van der Waals surface area contributed by atoms with Gasteiger partial charge in [-0.25, -0.2) is 0 Å². The van der Waals surface area contributed by atoms with Crippen molar-refractivity contribution in [1.29, 1.82) is 0 Å². The molecule has 8 heteroatoms. The summed E-state index contributed by atoms with van der Waals surface area (Å²) in [6.45, 7) is 8.20. The van der Waals surface area contributed by atoms with Crippen LogP contribution in [0.25, 0.3) is 5.76 Å². The molecule has 2 saturated heterocycles. The summed E-state index contributed by atoms with van der Waals surface area (Å²) in [6, 6.07) is 13.4. The molecular weight excluding hydrogens is 460 g/mol. The largest absolute Gasteiger partial charge is 0.507 e. The number of benzene rings is 2. The highest BCUT2D eigenvalue weighted by molar-refractivity contribution is 6.46. The Balaban J connectivity index is 1.65. The van der Waals surface area contributed by atoms with E-state index in [1.165, 1.54) is 0 Å². The Hall–Kier alpha value is -3.36. The molecule has 4 rings (SSSR count). The maximum atomic E-state index is 13.2. The number of Topliss-reactive ketones (excluding diaryl/α,β-unsaturated/α-hetero) is 1. The number of hydrogen-bond donors (Lipinski definition) is 1. The summed E-state index contributed by atoms with van der Waals surface area (Å²) in [5, 5.41) is 11.3. The zero-order valence-corrected chi connectivity index (χ0v) is 21.1. The molecule has 192 valence electrons. The van der Waals surface area contributed by atoms with Gasteiger partial charge in [-0.15, -0.1) is 0 Å². The predicted molar refractivity (Wildman–Crippen MR) is 136 cm³/mol. The molecule has 0 aromatic heterocycles. The van der Waals surface area contributed by atoms with Crippen LogP contribution in [0.1, 0.15) is 37.4 Å². The Morgan fingerprint density at radius 1 is 1.00 bits per heavy atom. The van der Waals surface area contributed by atoms with Gasteiger partial charge in [-0.2, -0.15) is 0 Å². The average Bonchev–Trinajstić information content (AvgIpc) is 3.14. The van der Waals surface area contributed by atoms with Crippen LogP contribution in [0.4, 0.5) is 0 Å². The molecule has 1 amide bonds. The number of amides is 1. The number of rotatable bonds is 9. The highest BCUT2D eigenvalue weighted by Gasteiger charge is 2.45. The number of morpholine rings is 1. The van der Waals surface area contributed by atoms with E-state index in [4.69, 9.17) is 14.2 Å². The van der Waals surface area contributed by atoms with Crippen molar-refractivity contribution in [3.05, 3.63) is 65.2 Å².